The standard InChI is InChI=1S/C6H8O7/c7-2(4(9)6(12)13)1-3(8)5(10)11/h2,4,7,9H,1H2,(H,10,11)(H,12,13)/t2-,4+/m0/s1. The van der Waals surface area contributed by atoms with Gasteiger partial charge in [0.25, 0.3) is 0 Å². The largest absolute Gasteiger partial charge is 0.479 e. The lowest BCUT2D eigenvalue weighted by molar-refractivity contribution is -0.156. The number of carboxylic acid groups (broad SMARTS) is 2. The van der Waals surface area contributed by atoms with Crippen LogP contribution in [0.5, 0.6) is 0 Å². The molecule has 0 spiro atoms. The van der Waals surface area contributed by atoms with E-state index in [9.17, 15) is 14.4 Å². The Morgan fingerprint density at radius 3 is 1.85 bits per heavy atom. The maximum atomic E-state index is 10.4. The van der Waals surface area contributed by atoms with Gasteiger partial charge in [0.15, 0.2) is 6.10 Å². The molecule has 0 fully saturated rings. The molecule has 0 saturated carbocycles. The molecule has 0 amide bonds. The van der Waals surface area contributed by atoms with Crippen LogP contribution in [-0.2, 0) is 14.4 Å². The molecule has 0 rings (SSSR count). The molecular weight excluding hydrogens is 184 g/mol. The fourth-order valence-electron chi connectivity index (χ4n) is 0.553. The van der Waals surface area contributed by atoms with Crippen molar-refractivity contribution in [1.82, 2.24) is 0 Å². The third-order valence-electron chi connectivity index (χ3n) is 1.25. The summed E-state index contributed by atoms with van der Waals surface area (Å²) in [4.78, 5) is 30.4. The van der Waals surface area contributed by atoms with Crippen LogP contribution >= 0.6 is 0 Å². The fourth-order valence-corrected chi connectivity index (χ4v) is 0.553. The van der Waals surface area contributed by atoms with Crippen molar-refractivity contribution >= 4 is 17.7 Å². The molecule has 0 aromatic heterocycles. The van der Waals surface area contributed by atoms with Crippen LogP contribution in [-0.4, -0.2) is 50.4 Å². The Morgan fingerprint density at radius 1 is 1.08 bits per heavy atom. The first-order valence-corrected chi connectivity index (χ1v) is 3.21. The van der Waals surface area contributed by atoms with Crippen LogP contribution < -0.4 is 0 Å². The van der Waals surface area contributed by atoms with Gasteiger partial charge in [0, 0.05) is 6.42 Å². The Bertz CT molecular complexity index is 233. The molecule has 7 nitrogen and oxygen atoms in total. The smallest absolute Gasteiger partial charge is 0.372 e. The van der Waals surface area contributed by atoms with Gasteiger partial charge in [-0.25, -0.2) is 9.59 Å². The molecule has 0 radical (unpaired) electrons. The molecule has 4 N–H and O–H groups in total. The van der Waals surface area contributed by atoms with Gasteiger partial charge in [-0.3, -0.25) is 4.79 Å². The lowest BCUT2D eigenvalue weighted by Crippen LogP contribution is -2.36. The Balaban J connectivity index is 4.15. The van der Waals surface area contributed by atoms with Gasteiger partial charge in [-0.1, -0.05) is 0 Å². The second-order valence-electron chi connectivity index (χ2n) is 2.28. The van der Waals surface area contributed by atoms with Gasteiger partial charge in [-0.2, -0.15) is 0 Å². The van der Waals surface area contributed by atoms with Gasteiger partial charge in [0.2, 0.25) is 5.78 Å². The average molecular weight is 192 g/mol. The van der Waals surface area contributed by atoms with E-state index in [0.717, 1.165) is 0 Å². The predicted molar refractivity (Wildman–Crippen MR) is 36.9 cm³/mol. The Labute approximate surface area is 72.2 Å². The molecule has 0 bridgehead atoms. The molecule has 2 atom stereocenters. The van der Waals surface area contributed by atoms with E-state index in [4.69, 9.17) is 20.4 Å². The molecule has 0 aromatic rings. The van der Waals surface area contributed by atoms with Gasteiger partial charge in [-0.05, 0) is 0 Å². The molecule has 0 unspecified atom stereocenters. The van der Waals surface area contributed by atoms with E-state index in [0.29, 0.717) is 0 Å². The minimum absolute atomic E-state index is 0.928. The van der Waals surface area contributed by atoms with Gasteiger partial charge >= 0.3 is 11.9 Å². The van der Waals surface area contributed by atoms with Crippen molar-refractivity contribution in [2.45, 2.75) is 18.6 Å². The number of carbonyl (C=O) groups excluding carboxylic acids is 1. The summed E-state index contributed by atoms with van der Waals surface area (Å²) in [5.41, 5.74) is 0. The number of Topliss-reactive ketones (excluding diaryl/α,β-unsaturated/α-hetero) is 1. The van der Waals surface area contributed by atoms with Crippen LogP contribution in [0.1, 0.15) is 6.42 Å². The third kappa shape index (κ3) is 3.63. The summed E-state index contributed by atoms with van der Waals surface area (Å²) in [6.07, 6.45) is -4.98. The van der Waals surface area contributed by atoms with Crippen LogP contribution in [0.25, 0.3) is 0 Å². The van der Waals surface area contributed by atoms with Crippen molar-refractivity contribution in [2.24, 2.45) is 0 Å². The highest BCUT2D eigenvalue weighted by atomic mass is 16.4. The van der Waals surface area contributed by atoms with Crippen molar-refractivity contribution in [2.75, 3.05) is 0 Å². The summed E-state index contributed by atoms with van der Waals surface area (Å²) in [5, 5.41) is 33.6. The summed E-state index contributed by atoms with van der Waals surface area (Å²) in [6.45, 7) is 0. The molecule has 74 valence electrons. The van der Waals surface area contributed by atoms with Crippen LogP contribution in [0.15, 0.2) is 0 Å². The SMILES string of the molecule is O=C(O)C(=O)C[C@H](O)[C@@H](O)C(=O)O. The molecule has 0 aromatic carbocycles. The summed E-state index contributed by atoms with van der Waals surface area (Å²) in [6, 6.07) is 0. The molecular formula is C6H8O7. The van der Waals surface area contributed by atoms with E-state index >= 15 is 0 Å². The van der Waals surface area contributed by atoms with Gasteiger partial charge in [0.1, 0.15) is 0 Å². The number of aliphatic hydroxyl groups excluding tert-OH is 2. The molecule has 0 saturated heterocycles. The zero-order chi connectivity index (χ0) is 10.6. The summed E-state index contributed by atoms with van der Waals surface area (Å²) in [5.74, 6) is -4.85. The van der Waals surface area contributed by atoms with E-state index in [2.05, 4.69) is 0 Å². The van der Waals surface area contributed by atoms with E-state index in [1.807, 2.05) is 0 Å². The second-order valence-corrected chi connectivity index (χ2v) is 2.28. The Hall–Kier alpha value is -1.47. The number of hydrogen-bond acceptors (Lipinski definition) is 5. The number of aliphatic carboxylic acids is 2. The highest BCUT2D eigenvalue weighted by Crippen LogP contribution is 2.00. The number of hydrogen-bond donors (Lipinski definition) is 4. The minimum Gasteiger partial charge on any atom is -0.479 e. The Kier molecular flexibility index (Phi) is 4.02. The number of carboxylic acids is 2. The van der Waals surface area contributed by atoms with Crippen molar-refractivity contribution in [3.05, 3.63) is 0 Å². The maximum absolute atomic E-state index is 10.4. The lowest BCUT2D eigenvalue weighted by atomic mass is 10.1. The van der Waals surface area contributed by atoms with Crippen molar-refractivity contribution in [3.8, 4) is 0 Å². The third-order valence-corrected chi connectivity index (χ3v) is 1.25. The van der Waals surface area contributed by atoms with E-state index in [1.165, 1.54) is 0 Å². The van der Waals surface area contributed by atoms with Gasteiger partial charge < -0.3 is 20.4 Å². The van der Waals surface area contributed by atoms with Crippen molar-refractivity contribution in [3.63, 3.8) is 0 Å². The molecule has 13 heavy (non-hydrogen) atoms. The number of ketones is 1. The molecule has 0 heterocycles. The highest BCUT2D eigenvalue weighted by Gasteiger charge is 2.27. The zero-order valence-corrected chi connectivity index (χ0v) is 6.38. The Morgan fingerprint density at radius 2 is 1.54 bits per heavy atom. The highest BCUT2D eigenvalue weighted by molar-refractivity contribution is 6.32. The molecule has 0 aliphatic rings. The molecule has 0 aliphatic heterocycles. The van der Waals surface area contributed by atoms with E-state index in [1.54, 1.807) is 0 Å². The number of rotatable bonds is 5. The zero-order valence-electron chi connectivity index (χ0n) is 6.38. The van der Waals surface area contributed by atoms with Gasteiger partial charge in [0.05, 0.1) is 6.10 Å². The second kappa shape index (κ2) is 4.53. The first-order valence-electron chi connectivity index (χ1n) is 3.21. The monoisotopic (exact) mass is 192 g/mol. The quantitative estimate of drug-likeness (QED) is 0.364. The van der Waals surface area contributed by atoms with Gasteiger partial charge in [-0.15, -0.1) is 0 Å². The first kappa shape index (κ1) is 11.5. The molecule has 0 aliphatic carbocycles. The number of aliphatic hydroxyl groups is 2. The minimum atomic E-state index is -2.15. The predicted octanol–water partition coefficient (Wildman–Crippen LogP) is -2.16. The lowest BCUT2D eigenvalue weighted by Gasteiger charge is -2.11. The fraction of sp³-hybridized carbons (Fsp3) is 0.500. The average Bonchev–Trinajstić information content (AvgIpc) is 2.02. The topological polar surface area (TPSA) is 132 Å². The van der Waals surface area contributed by atoms with Crippen molar-refractivity contribution in [1.29, 1.82) is 0 Å². The van der Waals surface area contributed by atoms with E-state index in [-0.39, 0.29) is 0 Å². The maximum Gasteiger partial charge on any atom is 0.372 e. The van der Waals surface area contributed by atoms with Crippen LogP contribution in [0.4, 0.5) is 0 Å². The van der Waals surface area contributed by atoms with E-state index < -0.39 is 36.4 Å². The van der Waals surface area contributed by atoms with Crippen LogP contribution in [0.3, 0.4) is 0 Å². The van der Waals surface area contributed by atoms with Crippen LogP contribution in [0.2, 0.25) is 0 Å². The van der Waals surface area contributed by atoms with Crippen molar-refractivity contribution < 1.29 is 34.8 Å². The first-order chi connectivity index (χ1) is 5.86. The normalized spacial score (nSPS) is 14.6. The van der Waals surface area contributed by atoms with Crippen LogP contribution in [0, 0.1) is 0 Å². The summed E-state index contributed by atoms with van der Waals surface area (Å²) >= 11 is 0. The number of carbonyl (C=O) groups is 3. The summed E-state index contributed by atoms with van der Waals surface area (Å²) in [7, 11) is 0. The summed E-state index contributed by atoms with van der Waals surface area (Å²) < 4.78 is 0. The molecule has 7 heteroatoms.